The summed E-state index contributed by atoms with van der Waals surface area (Å²) in [4.78, 5) is 12.9. The van der Waals surface area contributed by atoms with Gasteiger partial charge in [0, 0.05) is 10.2 Å². The molecule has 3 heteroatoms. The lowest BCUT2D eigenvalue weighted by atomic mass is 9.80. The van der Waals surface area contributed by atoms with Crippen molar-refractivity contribution in [1.82, 2.24) is 0 Å². The molecule has 144 valence electrons. The number of hydrogen-bond acceptors (Lipinski definition) is 2. The summed E-state index contributed by atoms with van der Waals surface area (Å²) in [5.74, 6) is 0.663. The molecule has 0 aliphatic heterocycles. The van der Waals surface area contributed by atoms with Crippen LogP contribution in [0.3, 0.4) is 0 Å². The maximum absolute atomic E-state index is 12.9. The van der Waals surface area contributed by atoms with Crippen molar-refractivity contribution in [2.24, 2.45) is 5.92 Å². The molecule has 0 radical (unpaired) electrons. The fourth-order valence-electron chi connectivity index (χ4n) is 3.80. The second-order valence-corrected chi connectivity index (χ2v) is 9.48. The molecule has 0 saturated carbocycles. The summed E-state index contributed by atoms with van der Waals surface area (Å²) in [6.45, 7) is 9.56. The van der Waals surface area contributed by atoms with E-state index in [2.05, 4.69) is 27.7 Å². The molecule has 2 unspecified atom stereocenters. The molecule has 0 aromatic carbocycles. The maximum atomic E-state index is 12.9. The van der Waals surface area contributed by atoms with Gasteiger partial charge in [0.05, 0.1) is 11.6 Å². The van der Waals surface area contributed by atoms with Gasteiger partial charge in [-0.3, -0.25) is 4.79 Å². The van der Waals surface area contributed by atoms with E-state index in [0.29, 0.717) is 12.5 Å². The fourth-order valence-corrected chi connectivity index (χ4v) is 5.02. The number of rotatable bonds is 16. The molecule has 0 aromatic heterocycles. The minimum atomic E-state index is -0.151. The molecule has 0 fully saturated rings. The topological polar surface area (TPSA) is 26.3 Å². The molecule has 2 atom stereocenters. The lowest BCUT2D eigenvalue weighted by Crippen LogP contribution is -2.34. The van der Waals surface area contributed by atoms with Crippen LogP contribution < -0.4 is 0 Å². The average molecular weight is 357 g/mol. The van der Waals surface area contributed by atoms with Crippen LogP contribution in [0.1, 0.15) is 111 Å². The molecule has 0 rings (SSSR count). The summed E-state index contributed by atoms with van der Waals surface area (Å²) >= 11 is 0. The van der Waals surface area contributed by atoms with E-state index in [1.807, 2.05) is 0 Å². The van der Waals surface area contributed by atoms with Gasteiger partial charge in [-0.25, -0.2) is 0 Å². The molecule has 0 N–H and O–H groups in total. The average Bonchev–Trinajstić information content (AvgIpc) is 2.57. The van der Waals surface area contributed by atoms with Crippen LogP contribution in [0.25, 0.3) is 0 Å². The predicted octanol–water partition coefficient (Wildman–Crippen LogP) is 5.82. The Balaban J connectivity index is 4.68. The summed E-state index contributed by atoms with van der Waals surface area (Å²) in [5.41, 5.74) is 0. The fraction of sp³-hybridized carbons (Fsp3) is 0.952. The highest BCUT2D eigenvalue weighted by Gasteiger charge is 2.40. The Bertz CT molecular complexity index is 306. The van der Waals surface area contributed by atoms with Crippen LogP contribution in [0.2, 0.25) is 5.04 Å². The van der Waals surface area contributed by atoms with Gasteiger partial charge in [-0.1, -0.05) is 85.5 Å². The monoisotopic (exact) mass is 356 g/mol. The van der Waals surface area contributed by atoms with Gasteiger partial charge in [0.15, 0.2) is 0 Å². The second kappa shape index (κ2) is 15.0. The molecule has 0 aliphatic carbocycles. The zero-order valence-corrected chi connectivity index (χ0v) is 19.3. The number of esters is 1. The summed E-state index contributed by atoms with van der Waals surface area (Å²) in [6, 6.07) is 0. The van der Waals surface area contributed by atoms with E-state index in [1.54, 1.807) is 0 Å². The van der Waals surface area contributed by atoms with Gasteiger partial charge in [0.1, 0.15) is 0 Å². The summed E-state index contributed by atoms with van der Waals surface area (Å²) in [6.07, 6.45) is 15.5. The van der Waals surface area contributed by atoms with E-state index in [-0.39, 0.29) is 11.0 Å². The standard InChI is InChI=1S/C21H44O2Si/c1-5-9-11-13-16-19(15-7-3)21(24,17-8-4)20(22)23-18-14-12-10-6-2/h19H,5-18H2,1-4,24H3. The van der Waals surface area contributed by atoms with E-state index in [0.717, 1.165) is 29.5 Å². The molecule has 0 saturated heterocycles. The Kier molecular flexibility index (Phi) is 14.8. The van der Waals surface area contributed by atoms with Gasteiger partial charge >= 0.3 is 5.97 Å². The van der Waals surface area contributed by atoms with Crippen molar-refractivity contribution in [3.63, 3.8) is 0 Å². The summed E-state index contributed by atoms with van der Waals surface area (Å²) in [5, 5.41) is -0.151. The quantitative estimate of drug-likeness (QED) is 0.198. The van der Waals surface area contributed by atoms with Gasteiger partial charge in [0.2, 0.25) is 0 Å². The number of carbonyl (C=O) groups is 1. The van der Waals surface area contributed by atoms with Crippen LogP contribution in [0.15, 0.2) is 0 Å². The molecule has 0 spiro atoms. The number of unbranched alkanes of at least 4 members (excludes halogenated alkanes) is 6. The molecule has 2 nitrogen and oxygen atoms in total. The van der Waals surface area contributed by atoms with E-state index < -0.39 is 0 Å². The first-order valence-corrected chi connectivity index (χ1v) is 11.7. The molecule has 0 bridgehead atoms. The van der Waals surface area contributed by atoms with Crippen LogP contribution in [-0.2, 0) is 9.53 Å². The Morgan fingerprint density at radius 2 is 1.46 bits per heavy atom. The molecule has 0 aliphatic rings. The molecule has 0 aromatic rings. The second-order valence-electron chi connectivity index (χ2n) is 7.70. The Hall–Kier alpha value is -0.313. The highest BCUT2D eigenvalue weighted by Crippen LogP contribution is 2.44. The minimum absolute atomic E-state index is 0.126. The van der Waals surface area contributed by atoms with E-state index >= 15 is 0 Å². The Morgan fingerprint density at radius 1 is 0.833 bits per heavy atom. The predicted molar refractivity (Wildman–Crippen MR) is 110 cm³/mol. The molecule has 24 heavy (non-hydrogen) atoms. The smallest absolute Gasteiger partial charge is 0.308 e. The van der Waals surface area contributed by atoms with Crippen molar-refractivity contribution in [2.75, 3.05) is 6.61 Å². The van der Waals surface area contributed by atoms with E-state index in [1.165, 1.54) is 64.2 Å². The highest BCUT2D eigenvalue weighted by molar-refractivity contribution is 6.27. The minimum Gasteiger partial charge on any atom is -0.466 e. The number of ether oxygens (including phenoxy) is 1. The van der Waals surface area contributed by atoms with Gasteiger partial charge in [-0.2, -0.15) is 0 Å². The van der Waals surface area contributed by atoms with Crippen LogP contribution in [0.5, 0.6) is 0 Å². The van der Waals surface area contributed by atoms with Crippen molar-refractivity contribution >= 4 is 16.2 Å². The summed E-state index contributed by atoms with van der Waals surface area (Å²) in [7, 11) is 0.924. The van der Waals surface area contributed by atoms with Gasteiger partial charge in [-0.05, 0) is 31.6 Å². The van der Waals surface area contributed by atoms with E-state index in [9.17, 15) is 4.79 Å². The van der Waals surface area contributed by atoms with E-state index in [4.69, 9.17) is 4.74 Å². The van der Waals surface area contributed by atoms with Gasteiger partial charge < -0.3 is 4.74 Å². The lowest BCUT2D eigenvalue weighted by molar-refractivity contribution is -0.150. The van der Waals surface area contributed by atoms with Crippen molar-refractivity contribution in [1.29, 1.82) is 0 Å². The first kappa shape index (κ1) is 23.7. The zero-order chi connectivity index (χ0) is 18.3. The summed E-state index contributed by atoms with van der Waals surface area (Å²) < 4.78 is 5.76. The van der Waals surface area contributed by atoms with Gasteiger partial charge in [0.25, 0.3) is 0 Å². The first-order valence-electron chi connectivity index (χ1n) is 10.7. The zero-order valence-electron chi connectivity index (χ0n) is 17.3. The molecular formula is C21H44O2Si. The highest BCUT2D eigenvalue weighted by atomic mass is 28.1. The molecule has 0 amide bonds. The Morgan fingerprint density at radius 3 is 2.00 bits per heavy atom. The third-order valence-electron chi connectivity index (χ3n) is 5.41. The van der Waals surface area contributed by atoms with Crippen LogP contribution in [0.4, 0.5) is 0 Å². The van der Waals surface area contributed by atoms with Crippen molar-refractivity contribution in [3.8, 4) is 0 Å². The van der Waals surface area contributed by atoms with Crippen molar-refractivity contribution < 1.29 is 9.53 Å². The molecule has 0 heterocycles. The van der Waals surface area contributed by atoms with Crippen LogP contribution in [-0.4, -0.2) is 22.8 Å². The van der Waals surface area contributed by atoms with Crippen LogP contribution >= 0.6 is 0 Å². The van der Waals surface area contributed by atoms with Crippen molar-refractivity contribution in [2.45, 2.75) is 116 Å². The number of hydrogen-bond donors (Lipinski definition) is 0. The third kappa shape index (κ3) is 9.24. The van der Waals surface area contributed by atoms with Crippen molar-refractivity contribution in [3.05, 3.63) is 0 Å². The normalized spacial score (nSPS) is 15.2. The Labute approximate surface area is 154 Å². The third-order valence-corrected chi connectivity index (χ3v) is 7.14. The largest absolute Gasteiger partial charge is 0.466 e. The van der Waals surface area contributed by atoms with Gasteiger partial charge in [-0.15, -0.1) is 0 Å². The molecular weight excluding hydrogens is 312 g/mol. The number of carbonyl (C=O) groups excluding carboxylic acids is 1. The maximum Gasteiger partial charge on any atom is 0.308 e. The first-order chi connectivity index (χ1) is 11.6. The SMILES string of the molecule is CCCCCCOC(=O)C([SiH3])(CCC)C(CCC)CCCCCC. The lowest BCUT2D eigenvalue weighted by Gasteiger charge is -2.36. The van der Waals surface area contributed by atoms with Crippen LogP contribution in [0, 0.1) is 5.92 Å².